The van der Waals surface area contributed by atoms with E-state index in [1.165, 1.54) is 21.5 Å². The number of methoxy groups -OCH3 is 1. The molecule has 0 spiro atoms. The summed E-state index contributed by atoms with van der Waals surface area (Å²) in [6.07, 6.45) is 0. The van der Waals surface area contributed by atoms with E-state index in [0.717, 1.165) is 16.9 Å². The Morgan fingerprint density at radius 3 is 1.83 bits per heavy atom. The number of hydrogen-bond donors (Lipinski definition) is 0. The van der Waals surface area contributed by atoms with Gasteiger partial charge in [-0.3, -0.25) is 0 Å². The molecule has 24 heavy (non-hydrogen) atoms. The third kappa shape index (κ3) is 2.59. The van der Waals surface area contributed by atoms with Gasteiger partial charge in [-0.05, 0) is 51.9 Å². The molecule has 0 aliphatic rings. The highest BCUT2D eigenvalue weighted by molar-refractivity contribution is 6.04. The molecule has 0 saturated heterocycles. The van der Waals surface area contributed by atoms with Gasteiger partial charge < -0.3 is 4.74 Å². The van der Waals surface area contributed by atoms with Crippen LogP contribution < -0.4 is 4.74 Å². The van der Waals surface area contributed by atoms with Crippen LogP contribution in [0.15, 0.2) is 78.9 Å². The molecule has 0 amide bonds. The molecule has 114 valence electrons. The van der Waals surface area contributed by atoms with Crippen LogP contribution in [0.3, 0.4) is 0 Å². The van der Waals surface area contributed by atoms with Crippen molar-refractivity contribution in [1.29, 1.82) is 0 Å². The van der Waals surface area contributed by atoms with Crippen LogP contribution in [-0.2, 0) is 0 Å². The van der Waals surface area contributed by atoms with Gasteiger partial charge in [0.2, 0.25) is 0 Å². The van der Waals surface area contributed by atoms with Crippen LogP contribution in [0.1, 0.15) is 11.1 Å². The number of ether oxygens (including phenoxy) is 1. The lowest BCUT2D eigenvalue weighted by Gasteiger charge is -2.06. The summed E-state index contributed by atoms with van der Waals surface area (Å²) in [6, 6.07) is 26.9. The van der Waals surface area contributed by atoms with E-state index in [0.29, 0.717) is 0 Å². The minimum absolute atomic E-state index is 0.844. The second kappa shape index (κ2) is 6.10. The first kappa shape index (κ1) is 14.4. The van der Waals surface area contributed by atoms with Crippen molar-refractivity contribution in [3.05, 3.63) is 90.0 Å². The average Bonchev–Trinajstić information content (AvgIpc) is 2.65. The highest BCUT2D eigenvalue weighted by Crippen LogP contribution is 2.27. The van der Waals surface area contributed by atoms with Crippen molar-refractivity contribution in [2.24, 2.45) is 0 Å². The lowest BCUT2D eigenvalue weighted by atomic mass is 9.97. The van der Waals surface area contributed by atoms with E-state index < -0.39 is 0 Å². The summed E-state index contributed by atoms with van der Waals surface area (Å²) in [6.45, 7) is 0. The molecule has 0 bridgehead atoms. The maximum atomic E-state index is 5.20. The van der Waals surface area contributed by atoms with Crippen LogP contribution in [0.25, 0.3) is 21.5 Å². The molecule has 0 aromatic heterocycles. The summed E-state index contributed by atoms with van der Waals surface area (Å²) in [4.78, 5) is 0. The average molecular weight is 308 g/mol. The van der Waals surface area contributed by atoms with Crippen LogP contribution in [0.5, 0.6) is 5.75 Å². The molecule has 0 fully saturated rings. The van der Waals surface area contributed by atoms with Crippen molar-refractivity contribution in [3.8, 4) is 17.6 Å². The molecule has 1 nitrogen and oxygen atoms in total. The van der Waals surface area contributed by atoms with Crippen LogP contribution in [0.2, 0.25) is 0 Å². The largest absolute Gasteiger partial charge is 0.497 e. The SMILES string of the molecule is COc1ccc(C#Cc2c3ccccc3cc3ccccc23)cc1. The monoisotopic (exact) mass is 308 g/mol. The minimum atomic E-state index is 0.844. The molecule has 0 atom stereocenters. The Hall–Kier alpha value is -3.24. The molecule has 4 aromatic rings. The van der Waals surface area contributed by atoms with Crippen molar-refractivity contribution in [3.63, 3.8) is 0 Å². The van der Waals surface area contributed by atoms with E-state index in [1.807, 2.05) is 24.3 Å². The van der Waals surface area contributed by atoms with Crippen molar-refractivity contribution in [2.45, 2.75) is 0 Å². The van der Waals surface area contributed by atoms with Gasteiger partial charge in [-0.1, -0.05) is 60.4 Å². The van der Waals surface area contributed by atoms with E-state index in [-0.39, 0.29) is 0 Å². The standard InChI is InChI=1S/C23H16O/c1-24-20-13-10-17(11-14-20)12-15-23-21-8-4-2-6-18(21)16-19-7-3-5-9-22(19)23/h2-11,13-14,16H,1H3. The van der Waals surface area contributed by atoms with Crippen LogP contribution >= 0.6 is 0 Å². The normalized spacial score (nSPS) is 10.4. The lowest BCUT2D eigenvalue weighted by molar-refractivity contribution is 0.415. The van der Waals surface area contributed by atoms with Crippen molar-refractivity contribution < 1.29 is 4.74 Å². The Balaban J connectivity index is 1.92. The molecule has 4 aromatic carbocycles. The van der Waals surface area contributed by atoms with E-state index in [1.54, 1.807) is 7.11 Å². The molecule has 0 saturated carbocycles. The van der Waals surface area contributed by atoms with Crippen LogP contribution in [-0.4, -0.2) is 7.11 Å². The minimum Gasteiger partial charge on any atom is -0.497 e. The quantitative estimate of drug-likeness (QED) is 0.338. The predicted molar refractivity (Wildman–Crippen MR) is 100 cm³/mol. The Morgan fingerprint density at radius 1 is 0.667 bits per heavy atom. The molecule has 0 aliphatic carbocycles. The fourth-order valence-electron chi connectivity index (χ4n) is 2.96. The Kier molecular flexibility index (Phi) is 3.65. The van der Waals surface area contributed by atoms with E-state index in [4.69, 9.17) is 4.74 Å². The first-order valence-corrected chi connectivity index (χ1v) is 7.92. The zero-order chi connectivity index (χ0) is 16.4. The third-order valence-electron chi connectivity index (χ3n) is 4.19. The molecule has 0 unspecified atom stereocenters. The van der Waals surface area contributed by atoms with Gasteiger partial charge in [-0.25, -0.2) is 0 Å². The zero-order valence-electron chi connectivity index (χ0n) is 13.4. The summed E-state index contributed by atoms with van der Waals surface area (Å²) in [5.74, 6) is 7.53. The summed E-state index contributed by atoms with van der Waals surface area (Å²) in [5.41, 5.74) is 2.06. The van der Waals surface area contributed by atoms with E-state index in [2.05, 4.69) is 66.4 Å². The molecule has 0 N–H and O–H groups in total. The number of fused-ring (bicyclic) bond motifs is 2. The van der Waals surface area contributed by atoms with Gasteiger partial charge in [0.05, 0.1) is 7.11 Å². The second-order valence-corrected chi connectivity index (χ2v) is 5.67. The van der Waals surface area contributed by atoms with E-state index in [9.17, 15) is 0 Å². The molecule has 4 rings (SSSR count). The van der Waals surface area contributed by atoms with Crippen molar-refractivity contribution in [1.82, 2.24) is 0 Å². The fraction of sp³-hybridized carbons (Fsp3) is 0.0435. The van der Waals surface area contributed by atoms with Crippen molar-refractivity contribution >= 4 is 21.5 Å². The molecule has 0 aliphatic heterocycles. The van der Waals surface area contributed by atoms with Crippen molar-refractivity contribution in [2.75, 3.05) is 7.11 Å². The first-order chi connectivity index (χ1) is 11.8. The molecule has 1 heteroatoms. The van der Waals surface area contributed by atoms with Gasteiger partial charge in [0.1, 0.15) is 5.75 Å². The number of rotatable bonds is 1. The lowest BCUT2D eigenvalue weighted by Crippen LogP contribution is -1.85. The van der Waals surface area contributed by atoms with Gasteiger partial charge in [-0.2, -0.15) is 0 Å². The maximum absolute atomic E-state index is 5.20. The van der Waals surface area contributed by atoms with Gasteiger partial charge in [0.15, 0.2) is 0 Å². The highest BCUT2D eigenvalue weighted by Gasteiger charge is 2.04. The summed E-state index contributed by atoms with van der Waals surface area (Å²) in [7, 11) is 1.67. The second-order valence-electron chi connectivity index (χ2n) is 5.67. The van der Waals surface area contributed by atoms with Gasteiger partial charge in [0.25, 0.3) is 0 Å². The fourth-order valence-corrected chi connectivity index (χ4v) is 2.96. The maximum Gasteiger partial charge on any atom is 0.118 e. The summed E-state index contributed by atoms with van der Waals surface area (Å²) in [5, 5.41) is 4.82. The van der Waals surface area contributed by atoms with Crippen LogP contribution in [0.4, 0.5) is 0 Å². The van der Waals surface area contributed by atoms with Gasteiger partial charge in [0, 0.05) is 11.1 Å². The van der Waals surface area contributed by atoms with E-state index >= 15 is 0 Å². The smallest absolute Gasteiger partial charge is 0.118 e. The predicted octanol–water partition coefficient (Wildman–Crippen LogP) is 5.40. The zero-order valence-corrected chi connectivity index (χ0v) is 13.4. The molecule has 0 heterocycles. The molecular weight excluding hydrogens is 292 g/mol. The first-order valence-electron chi connectivity index (χ1n) is 7.92. The third-order valence-corrected chi connectivity index (χ3v) is 4.19. The topological polar surface area (TPSA) is 9.23 Å². The Labute approximate surface area is 141 Å². The van der Waals surface area contributed by atoms with Gasteiger partial charge >= 0.3 is 0 Å². The number of benzene rings is 4. The summed E-state index contributed by atoms with van der Waals surface area (Å²) < 4.78 is 5.20. The number of hydrogen-bond acceptors (Lipinski definition) is 1. The highest BCUT2D eigenvalue weighted by atomic mass is 16.5. The summed E-state index contributed by atoms with van der Waals surface area (Å²) >= 11 is 0. The van der Waals surface area contributed by atoms with Gasteiger partial charge in [-0.15, -0.1) is 0 Å². The molecular formula is C23H16O. The Bertz CT molecular complexity index is 1030. The molecule has 0 radical (unpaired) electrons. The Morgan fingerprint density at radius 2 is 1.25 bits per heavy atom. The van der Waals surface area contributed by atoms with Crippen LogP contribution in [0, 0.1) is 11.8 Å².